The number of nitrogens with one attached hydrogen (secondary N) is 1. The van der Waals surface area contributed by atoms with Gasteiger partial charge in [-0.2, -0.15) is 0 Å². The van der Waals surface area contributed by atoms with Crippen LogP contribution in [0.2, 0.25) is 5.02 Å². The third-order valence-electron chi connectivity index (χ3n) is 3.44. The minimum Gasteiger partial charge on any atom is -0.372 e. The standard InChI is InChI=1S/C14H18ClN3O3S/c1-14(21-3,11-5-4-6-12(15)7-11)9-17-22(19,20)13-8-18(2)10-16-13/h4-8,10,17H,9H2,1-3H3/t14-/m0/s1. The van der Waals surface area contributed by atoms with Gasteiger partial charge in [0.1, 0.15) is 5.60 Å². The van der Waals surface area contributed by atoms with Crippen molar-refractivity contribution in [1.29, 1.82) is 0 Å². The van der Waals surface area contributed by atoms with Crippen molar-refractivity contribution in [1.82, 2.24) is 14.3 Å². The van der Waals surface area contributed by atoms with E-state index in [4.69, 9.17) is 16.3 Å². The Morgan fingerprint density at radius 1 is 1.45 bits per heavy atom. The van der Waals surface area contributed by atoms with E-state index in [9.17, 15) is 8.42 Å². The van der Waals surface area contributed by atoms with Crippen molar-refractivity contribution in [2.45, 2.75) is 17.6 Å². The largest absolute Gasteiger partial charge is 0.372 e. The Balaban J connectivity index is 2.20. The molecule has 1 heterocycles. The molecule has 2 rings (SSSR count). The Bertz CT molecular complexity index is 760. The monoisotopic (exact) mass is 343 g/mol. The van der Waals surface area contributed by atoms with E-state index >= 15 is 0 Å². The van der Waals surface area contributed by atoms with Gasteiger partial charge in [0.25, 0.3) is 10.0 Å². The number of aryl methyl sites for hydroxylation is 1. The van der Waals surface area contributed by atoms with Gasteiger partial charge in [0.05, 0.1) is 6.33 Å². The molecule has 0 unspecified atom stereocenters. The van der Waals surface area contributed by atoms with Crippen LogP contribution in [0.1, 0.15) is 12.5 Å². The molecule has 0 saturated heterocycles. The fraction of sp³-hybridized carbons (Fsp3) is 0.357. The minimum absolute atomic E-state index is 0.0282. The number of halogens is 1. The topological polar surface area (TPSA) is 73.2 Å². The van der Waals surface area contributed by atoms with E-state index in [0.29, 0.717) is 5.02 Å². The van der Waals surface area contributed by atoms with Crippen molar-refractivity contribution < 1.29 is 13.2 Å². The number of benzene rings is 1. The summed E-state index contributed by atoms with van der Waals surface area (Å²) in [4.78, 5) is 3.85. The summed E-state index contributed by atoms with van der Waals surface area (Å²) in [5.41, 5.74) is -0.0570. The predicted molar refractivity (Wildman–Crippen MR) is 84.2 cm³/mol. The number of aromatic nitrogens is 2. The van der Waals surface area contributed by atoms with Gasteiger partial charge in [-0.1, -0.05) is 23.7 Å². The molecule has 0 fully saturated rings. The molecule has 0 aliphatic rings. The van der Waals surface area contributed by atoms with Crippen molar-refractivity contribution in [3.63, 3.8) is 0 Å². The molecule has 0 aliphatic carbocycles. The van der Waals surface area contributed by atoms with E-state index in [1.807, 2.05) is 6.07 Å². The number of hydrogen-bond acceptors (Lipinski definition) is 4. The Hall–Kier alpha value is -1.41. The van der Waals surface area contributed by atoms with Crippen LogP contribution >= 0.6 is 11.6 Å². The highest BCUT2D eigenvalue weighted by molar-refractivity contribution is 7.89. The molecule has 1 N–H and O–H groups in total. The first-order valence-electron chi connectivity index (χ1n) is 6.56. The normalized spacial score (nSPS) is 14.7. The van der Waals surface area contributed by atoms with Crippen LogP contribution in [0.3, 0.4) is 0 Å². The van der Waals surface area contributed by atoms with Gasteiger partial charge in [0, 0.05) is 31.9 Å². The van der Waals surface area contributed by atoms with Crippen LogP contribution in [0, 0.1) is 0 Å². The Morgan fingerprint density at radius 2 is 2.18 bits per heavy atom. The summed E-state index contributed by atoms with van der Waals surface area (Å²) in [6.45, 7) is 1.85. The molecule has 6 nitrogen and oxygen atoms in total. The van der Waals surface area contributed by atoms with Crippen molar-refractivity contribution in [2.24, 2.45) is 7.05 Å². The van der Waals surface area contributed by atoms with Gasteiger partial charge >= 0.3 is 0 Å². The van der Waals surface area contributed by atoms with E-state index < -0.39 is 15.6 Å². The van der Waals surface area contributed by atoms with E-state index in [0.717, 1.165) is 5.56 Å². The maximum Gasteiger partial charge on any atom is 0.259 e. The number of rotatable bonds is 6. The summed E-state index contributed by atoms with van der Waals surface area (Å²) >= 11 is 5.99. The van der Waals surface area contributed by atoms with Crippen molar-refractivity contribution in [2.75, 3.05) is 13.7 Å². The van der Waals surface area contributed by atoms with Crippen LogP contribution in [0.4, 0.5) is 0 Å². The number of nitrogens with zero attached hydrogens (tertiary/aromatic N) is 2. The van der Waals surface area contributed by atoms with E-state index in [2.05, 4.69) is 9.71 Å². The summed E-state index contributed by atoms with van der Waals surface area (Å²) in [6, 6.07) is 7.13. The highest BCUT2D eigenvalue weighted by Gasteiger charge is 2.29. The molecule has 0 spiro atoms. The van der Waals surface area contributed by atoms with Gasteiger partial charge in [-0.25, -0.2) is 18.1 Å². The molecule has 22 heavy (non-hydrogen) atoms. The first-order valence-corrected chi connectivity index (χ1v) is 8.42. The zero-order chi connectivity index (χ0) is 16.4. The molecule has 0 saturated carbocycles. The minimum atomic E-state index is -3.70. The molecule has 8 heteroatoms. The third kappa shape index (κ3) is 3.67. The third-order valence-corrected chi connectivity index (χ3v) is 4.96. The second-order valence-electron chi connectivity index (χ2n) is 5.15. The molecule has 120 valence electrons. The highest BCUT2D eigenvalue weighted by atomic mass is 35.5. The molecule has 1 atom stereocenters. The maximum absolute atomic E-state index is 12.2. The summed E-state index contributed by atoms with van der Waals surface area (Å²) in [5, 5.41) is 0.535. The van der Waals surface area contributed by atoms with Gasteiger partial charge in [0.2, 0.25) is 0 Å². The second kappa shape index (κ2) is 6.37. The molecule has 1 aromatic carbocycles. The number of ether oxygens (including phenoxy) is 1. The van der Waals surface area contributed by atoms with Crippen LogP contribution in [0.5, 0.6) is 0 Å². The smallest absolute Gasteiger partial charge is 0.259 e. The van der Waals surface area contributed by atoms with Crippen LogP contribution in [0.15, 0.2) is 41.8 Å². The van der Waals surface area contributed by atoms with Crippen molar-refractivity contribution >= 4 is 21.6 Å². The van der Waals surface area contributed by atoms with Crippen molar-refractivity contribution in [3.05, 3.63) is 47.4 Å². The van der Waals surface area contributed by atoms with E-state index in [1.54, 1.807) is 36.7 Å². The first kappa shape index (κ1) is 17.0. The van der Waals surface area contributed by atoms with Crippen LogP contribution < -0.4 is 4.72 Å². The maximum atomic E-state index is 12.2. The van der Waals surface area contributed by atoms with Crippen LogP contribution in [0.25, 0.3) is 0 Å². The Morgan fingerprint density at radius 3 is 2.73 bits per heavy atom. The van der Waals surface area contributed by atoms with Gasteiger partial charge in [-0.05, 0) is 24.6 Å². The summed E-state index contributed by atoms with van der Waals surface area (Å²) in [6.07, 6.45) is 2.87. The summed E-state index contributed by atoms with van der Waals surface area (Å²) < 4.78 is 34.1. The average molecular weight is 344 g/mol. The average Bonchev–Trinajstić information content (AvgIpc) is 2.92. The number of sulfonamides is 1. The number of imidazole rings is 1. The lowest BCUT2D eigenvalue weighted by molar-refractivity contribution is 0.00698. The number of hydrogen-bond donors (Lipinski definition) is 1. The predicted octanol–water partition coefficient (Wildman–Crippen LogP) is 1.91. The lowest BCUT2D eigenvalue weighted by Crippen LogP contribution is -2.40. The molecule has 0 radical (unpaired) electrons. The fourth-order valence-corrected chi connectivity index (χ4v) is 3.24. The van der Waals surface area contributed by atoms with Crippen LogP contribution in [-0.2, 0) is 27.4 Å². The molecular weight excluding hydrogens is 326 g/mol. The quantitative estimate of drug-likeness (QED) is 0.869. The lowest BCUT2D eigenvalue weighted by atomic mass is 9.96. The summed E-state index contributed by atoms with van der Waals surface area (Å²) in [7, 11) is -0.466. The number of methoxy groups -OCH3 is 1. The zero-order valence-corrected chi connectivity index (χ0v) is 14.1. The highest BCUT2D eigenvalue weighted by Crippen LogP contribution is 2.26. The molecule has 0 bridgehead atoms. The lowest BCUT2D eigenvalue weighted by Gasteiger charge is -2.29. The molecule has 2 aromatic rings. The van der Waals surface area contributed by atoms with E-state index in [-0.39, 0.29) is 11.6 Å². The Kier molecular flexibility index (Phi) is 4.91. The zero-order valence-electron chi connectivity index (χ0n) is 12.6. The molecule has 1 aromatic heterocycles. The fourth-order valence-electron chi connectivity index (χ4n) is 1.94. The van der Waals surface area contributed by atoms with Gasteiger partial charge in [-0.3, -0.25) is 0 Å². The van der Waals surface area contributed by atoms with Crippen molar-refractivity contribution in [3.8, 4) is 0 Å². The van der Waals surface area contributed by atoms with E-state index in [1.165, 1.54) is 19.6 Å². The van der Waals surface area contributed by atoms with Crippen LogP contribution in [-0.4, -0.2) is 31.6 Å². The second-order valence-corrected chi connectivity index (χ2v) is 7.30. The molecular formula is C14H18ClN3O3S. The first-order chi connectivity index (χ1) is 10.3. The molecule has 0 amide bonds. The summed E-state index contributed by atoms with van der Waals surface area (Å²) in [5.74, 6) is 0. The Labute approximate surface area is 135 Å². The van der Waals surface area contributed by atoms with Gasteiger partial charge in [-0.15, -0.1) is 0 Å². The van der Waals surface area contributed by atoms with Gasteiger partial charge < -0.3 is 9.30 Å². The molecule has 0 aliphatic heterocycles. The van der Waals surface area contributed by atoms with Gasteiger partial charge in [0.15, 0.2) is 5.03 Å². The SMILES string of the molecule is CO[C@@](C)(CNS(=O)(=O)c1cn(C)cn1)c1cccc(Cl)c1.